The molecule has 2 aliphatic rings. The van der Waals surface area contributed by atoms with Crippen molar-refractivity contribution in [3.05, 3.63) is 21.7 Å². The van der Waals surface area contributed by atoms with Crippen molar-refractivity contribution in [3.8, 4) is 0 Å². The summed E-state index contributed by atoms with van der Waals surface area (Å²) in [5, 5.41) is 0.809. The first-order chi connectivity index (χ1) is 7.25. The van der Waals surface area contributed by atoms with Crippen LogP contribution in [0.1, 0.15) is 30.1 Å². The molecule has 5 heteroatoms. The zero-order valence-corrected chi connectivity index (χ0v) is 9.72. The van der Waals surface area contributed by atoms with Crippen molar-refractivity contribution in [3.63, 3.8) is 0 Å². The standard InChI is InChI=1S/C10H11Cl2N3/c11-9-6-3-5-15-4-1-2-7(15)8(6)13-10(12)14-9/h7H,1-5H2. The molecule has 3 heterocycles. The summed E-state index contributed by atoms with van der Waals surface area (Å²) in [7, 11) is 0. The molecule has 0 bridgehead atoms. The summed E-state index contributed by atoms with van der Waals surface area (Å²) < 4.78 is 0. The third kappa shape index (κ3) is 1.53. The number of hydrogen-bond acceptors (Lipinski definition) is 3. The third-order valence-electron chi connectivity index (χ3n) is 3.29. The lowest BCUT2D eigenvalue weighted by Gasteiger charge is -2.30. The molecule has 1 atom stereocenters. The molecule has 0 radical (unpaired) electrons. The van der Waals surface area contributed by atoms with E-state index in [1.807, 2.05) is 0 Å². The molecule has 2 aliphatic heterocycles. The van der Waals surface area contributed by atoms with Gasteiger partial charge in [0, 0.05) is 12.1 Å². The first kappa shape index (κ1) is 9.82. The predicted molar refractivity (Wildman–Crippen MR) is 59.3 cm³/mol. The molecule has 3 rings (SSSR count). The van der Waals surface area contributed by atoms with Crippen LogP contribution in [0.4, 0.5) is 0 Å². The Labute approximate surface area is 98.4 Å². The van der Waals surface area contributed by atoms with Crippen molar-refractivity contribution < 1.29 is 0 Å². The summed E-state index contributed by atoms with van der Waals surface area (Å²) in [5.41, 5.74) is 2.16. The minimum absolute atomic E-state index is 0.271. The lowest BCUT2D eigenvalue weighted by Crippen LogP contribution is -2.32. The lowest BCUT2D eigenvalue weighted by atomic mass is 10.00. The molecule has 1 unspecified atom stereocenters. The Morgan fingerprint density at radius 1 is 1.20 bits per heavy atom. The normalized spacial score (nSPS) is 25.1. The monoisotopic (exact) mass is 243 g/mol. The minimum Gasteiger partial charge on any atom is -0.294 e. The quantitative estimate of drug-likeness (QED) is 0.518. The van der Waals surface area contributed by atoms with Crippen LogP contribution in [0.3, 0.4) is 0 Å². The van der Waals surface area contributed by atoms with Gasteiger partial charge in [-0.2, -0.15) is 0 Å². The van der Waals surface area contributed by atoms with Gasteiger partial charge in [-0.1, -0.05) is 11.6 Å². The van der Waals surface area contributed by atoms with Crippen LogP contribution in [-0.2, 0) is 6.42 Å². The van der Waals surface area contributed by atoms with E-state index in [2.05, 4.69) is 14.9 Å². The Morgan fingerprint density at radius 3 is 2.93 bits per heavy atom. The molecule has 0 aliphatic carbocycles. The van der Waals surface area contributed by atoms with Crippen LogP contribution in [0.2, 0.25) is 10.4 Å². The molecule has 0 saturated carbocycles. The highest BCUT2D eigenvalue weighted by Crippen LogP contribution is 2.38. The highest BCUT2D eigenvalue weighted by molar-refractivity contribution is 6.32. The van der Waals surface area contributed by atoms with Gasteiger partial charge in [0.2, 0.25) is 5.28 Å². The van der Waals surface area contributed by atoms with Gasteiger partial charge in [-0.3, -0.25) is 4.90 Å². The minimum atomic E-state index is 0.271. The fourth-order valence-electron chi connectivity index (χ4n) is 2.61. The maximum atomic E-state index is 6.08. The van der Waals surface area contributed by atoms with Gasteiger partial charge in [0.15, 0.2) is 0 Å². The van der Waals surface area contributed by atoms with E-state index >= 15 is 0 Å². The van der Waals surface area contributed by atoms with E-state index in [4.69, 9.17) is 23.2 Å². The zero-order chi connectivity index (χ0) is 10.4. The van der Waals surface area contributed by atoms with Gasteiger partial charge in [0.25, 0.3) is 0 Å². The van der Waals surface area contributed by atoms with E-state index in [0.717, 1.165) is 30.6 Å². The van der Waals surface area contributed by atoms with Crippen molar-refractivity contribution >= 4 is 23.2 Å². The maximum absolute atomic E-state index is 6.08. The molecule has 0 spiro atoms. The van der Waals surface area contributed by atoms with Gasteiger partial charge in [0.1, 0.15) is 5.15 Å². The molecule has 1 saturated heterocycles. The largest absolute Gasteiger partial charge is 0.294 e. The van der Waals surface area contributed by atoms with Crippen molar-refractivity contribution in [2.75, 3.05) is 13.1 Å². The Bertz CT molecular complexity index is 408. The molecule has 1 aromatic rings. The van der Waals surface area contributed by atoms with Gasteiger partial charge in [-0.15, -0.1) is 0 Å². The van der Waals surface area contributed by atoms with Gasteiger partial charge in [0.05, 0.1) is 11.7 Å². The van der Waals surface area contributed by atoms with Crippen LogP contribution in [0.15, 0.2) is 0 Å². The first-order valence-electron chi connectivity index (χ1n) is 5.21. The average Bonchev–Trinajstić information content (AvgIpc) is 2.65. The highest BCUT2D eigenvalue weighted by atomic mass is 35.5. The number of fused-ring (bicyclic) bond motifs is 3. The molecule has 1 aromatic heterocycles. The molecule has 15 heavy (non-hydrogen) atoms. The molecule has 0 N–H and O–H groups in total. The fraction of sp³-hybridized carbons (Fsp3) is 0.600. The van der Waals surface area contributed by atoms with Crippen LogP contribution in [0, 0.1) is 0 Å². The fourth-order valence-corrected chi connectivity index (χ4v) is 3.10. The second-order valence-electron chi connectivity index (χ2n) is 4.09. The highest BCUT2D eigenvalue weighted by Gasteiger charge is 2.33. The second-order valence-corrected chi connectivity index (χ2v) is 4.79. The molecule has 0 amide bonds. The predicted octanol–water partition coefficient (Wildman–Crippen LogP) is 2.48. The molecular formula is C10H11Cl2N3. The SMILES string of the molecule is Clc1nc(Cl)c2c(n1)C1CCCN1CC2. The van der Waals surface area contributed by atoms with Crippen LogP contribution < -0.4 is 0 Å². The number of halogens is 2. The molecular weight excluding hydrogens is 233 g/mol. The van der Waals surface area contributed by atoms with E-state index < -0.39 is 0 Å². The van der Waals surface area contributed by atoms with Gasteiger partial charge in [-0.05, 0) is 37.4 Å². The summed E-state index contributed by atoms with van der Waals surface area (Å²) in [5.74, 6) is 0. The summed E-state index contributed by atoms with van der Waals surface area (Å²) in [6, 6.07) is 0.423. The number of hydrogen-bond donors (Lipinski definition) is 0. The van der Waals surface area contributed by atoms with Crippen LogP contribution in [0.5, 0.6) is 0 Å². The van der Waals surface area contributed by atoms with E-state index in [9.17, 15) is 0 Å². The van der Waals surface area contributed by atoms with Crippen molar-refractivity contribution in [1.82, 2.24) is 14.9 Å². The maximum Gasteiger partial charge on any atom is 0.224 e. The second kappa shape index (κ2) is 3.58. The Morgan fingerprint density at radius 2 is 2.07 bits per heavy atom. The van der Waals surface area contributed by atoms with Crippen LogP contribution >= 0.6 is 23.2 Å². The van der Waals surface area contributed by atoms with Gasteiger partial charge >= 0.3 is 0 Å². The average molecular weight is 244 g/mol. The van der Waals surface area contributed by atoms with E-state index in [1.165, 1.54) is 13.0 Å². The van der Waals surface area contributed by atoms with E-state index in [0.29, 0.717) is 11.2 Å². The Kier molecular flexibility index (Phi) is 2.34. The summed E-state index contributed by atoms with van der Waals surface area (Å²) in [6.45, 7) is 2.24. The third-order valence-corrected chi connectivity index (χ3v) is 3.77. The Hall–Kier alpha value is -0.380. The van der Waals surface area contributed by atoms with Crippen molar-refractivity contribution in [2.45, 2.75) is 25.3 Å². The molecule has 1 fully saturated rings. The van der Waals surface area contributed by atoms with Crippen molar-refractivity contribution in [1.29, 1.82) is 0 Å². The smallest absolute Gasteiger partial charge is 0.224 e. The number of nitrogens with zero attached hydrogens (tertiary/aromatic N) is 3. The zero-order valence-electron chi connectivity index (χ0n) is 8.21. The molecule has 3 nitrogen and oxygen atoms in total. The number of rotatable bonds is 0. The topological polar surface area (TPSA) is 29.0 Å². The summed E-state index contributed by atoms with van der Waals surface area (Å²) in [6.07, 6.45) is 3.35. The van der Waals surface area contributed by atoms with Crippen LogP contribution in [0.25, 0.3) is 0 Å². The van der Waals surface area contributed by atoms with Crippen molar-refractivity contribution in [2.24, 2.45) is 0 Å². The van der Waals surface area contributed by atoms with E-state index in [-0.39, 0.29) is 5.28 Å². The molecule has 0 aromatic carbocycles. The summed E-state index contributed by atoms with van der Waals surface area (Å²) in [4.78, 5) is 10.8. The number of aromatic nitrogens is 2. The van der Waals surface area contributed by atoms with E-state index in [1.54, 1.807) is 0 Å². The molecule has 80 valence electrons. The van der Waals surface area contributed by atoms with Gasteiger partial charge < -0.3 is 0 Å². The van der Waals surface area contributed by atoms with Gasteiger partial charge in [-0.25, -0.2) is 9.97 Å². The summed E-state index contributed by atoms with van der Waals surface area (Å²) >= 11 is 11.9. The first-order valence-corrected chi connectivity index (χ1v) is 5.97. The van der Waals surface area contributed by atoms with Crippen LogP contribution in [-0.4, -0.2) is 28.0 Å². The lowest BCUT2D eigenvalue weighted by molar-refractivity contribution is 0.238. The Balaban J connectivity index is 2.12.